The van der Waals surface area contributed by atoms with Crippen LogP contribution in [0.3, 0.4) is 0 Å². The van der Waals surface area contributed by atoms with Crippen molar-refractivity contribution in [1.82, 2.24) is 20.2 Å². The van der Waals surface area contributed by atoms with Gasteiger partial charge in [0, 0.05) is 14.9 Å². The van der Waals surface area contributed by atoms with Gasteiger partial charge in [-0.3, -0.25) is 5.41 Å². The second-order valence-electron chi connectivity index (χ2n) is 5.00. The van der Waals surface area contributed by atoms with Gasteiger partial charge in [0.25, 0.3) is 0 Å². The fourth-order valence-corrected chi connectivity index (χ4v) is 3.86. The minimum atomic E-state index is 0.0405. The Morgan fingerprint density at radius 3 is 2.86 bits per heavy atom. The lowest BCUT2D eigenvalue weighted by Crippen LogP contribution is -2.13. The lowest BCUT2D eigenvalue weighted by atomic mass is 10.2. The predicted molar refractivity (Wildman–Crippen MR) is 84.6 cm³/mol. The Morgan fingerprint density at radius 1 is 1.38 bits per heavy atom. The van der Waals surface area contributed by atoms with E-state index in [9.17, 15) is 0 Å². The van der Waals surface area contributed by atoms with Gasteiger partial charge in [-0.1, -0.05) is 28.8 Å². The number of nitrogen functional groups attached to an aromatic ring is 1. The average molecular weight is 367 g/mol. The van der Waals surface area contributed by atoms with Crippen molar-refractivity contribution in [2.45, 2.75) is 41.8 Å². The minimum Gasteiger partial charge on any atom is -0.384 e. The molecule has 1 aliphatic rings. The summed E-state index contributed by atoms with van der Waals surface area (Å²) >= 11 is 4.86. The van der Waals surface area contributed by atoms with E-state index in [2.05, 4.69) is 31.5 Å². The molecule has 6 nitrogen and oxygen atoms in total. The standard InChI is InChI=1S/C13H15BrN6S/c14-8-5-6-11(10(7-8)12(15)16)21-13-17-18-19-20(13)9-3-1-2-4-9/h5-7,9H,1-4H2,(H3,15,16). The summed E-state index contributed by atoms with van der Waals surface area (Å²) in [5.74, 6) is 0.0405. The van der Waals surface area contributed by atoms with E-state index in [-0.39, 0.29) is 5.84 Å². The number of hydrogen-bond acceptors (Lipinski definition) is 5. The summed E-state index contributed by atoms with van der Waals surface area (Å²) in [5, 5.41) is 20.5. The fraction of sp³-hybridized carbons (Fsp3) is 0.385. The Bertz CT molecular complexity index is 664. The molecule has 110 valence electrons. The van der Waals surface area contributed by atoms with E-state index >= 15 is 0 Å². The first-order chi connectivity index (χ1) is 10.1. The minimum absolute atomic E-state index is 0.0405. The highest BCUT2D eigenvalue weighted by atomic mass is 79.9. The molecule has 8 heteroatoms. The van der Waals surface area contributed by atoms with Gasteiger partial charge in [0.1, 0.15) is 5.84 Å². The van der Waals surface area contributed by atoms with Crippen molar-refractivity contribution in [3.05, 3.63) is 28.2 Å². The van der Waals surface area contributed by atoms with Gasteiger partial charge >= 0.3 is 0 Å². The number of amidine groups is 1. The van der Waals surface area contributed by atoms with Crippen molar-refractivity contribution in [3.8, 4) is 0 Å². The number of benzene rings is 1. The first kappa shape index (κ1) is 14.5. The summed E-state index contributed by atoms with van der Waals surface area (Å²) in [6.07, 6.45) is 4.70. The molecule has 3 N–H and O–H groups in total. The van der Waals surface area contributed by atoms with Crippen molar-refractivity contribution in [1.29, 1.82) is 5.41 Å². The molecular formula is C13H15BrN6S. The van der Waals surface area contributed by atoms with Gasteiger partial charge in [-0.2, -0.15) is 0 Å². The molecule has 0 unspecified atom stereocenters. The molecule has 1 saturated carbocycles. The van der Waals surface area contributed by atoms with E-state index in [0.29, 0.717) is 11.6 Å². The highest BCUT2D eigenvalue weighted by Gasteiger charge is 2.22. The number of aromatic nitrogens is 4. The van der Waals surface area contributed by atoms with Gasteiger partial charge in [0.05, 0.1) is 6.04 Å². The number of halogens is 1. The van der Waals surface area contributed by atoms with Crippen LogP contribution >= 0.6 is 27.7 Å². The van der Waals surface area contributed by atoms with Crippen LogP contribution in [0.25, 0.3) is 0 Å². The maximum Gasteiger partial charge on any atom is 0.214 e. The molecule has 1 aromatic carbocycles. The van der Waals surface area contributed by atoms with Crippen molar-refractivity contribution in [3.63, 3.8) is 0 Å². The van der Waals surface area contributed by atoms with Crippen LogP contribution in [0.5, 0.6) is 0 Å². The summed E-state index contributed by atoms with van der Waals surface area (Å²) in [6.45, 7) is 0. The fourth-order valence-electron chi connectivity index (χ4n) is 2.53. The number of nitrogens with one attached hydrogen (secondary N) is 1. The largest absolute Gasteiger partial charge is 0.384 e. The topological polar surface area (TPSA) is 93.5 Å². The summed E-state index contributed by atoms with van der Waals surface area (Å²) in [4.78, 5) is 0.889. The summed E-state index contributed by atoms with van der Waals surface area (Å²) in [7, 11) is 0. The van der Waals surface area contributed by atoms with Gasteiger partial charge in [0.2, 0.25) is 5.16 Å². The molecule has 0 spiro atoms. The maximum atomic E-state index is 7.71. The number of tetrazole rings is 1. The van der Waals surface area contributed by atoms with E-state index < -0.39 is 0 Å². The molecular weight excluding hydrogens is 352 g/mol. The molecule has 0 radical (unpaired) electrons. The van der Waals surface area contributed by atoms with E-state index in [0.717, 1.165) is 27.4 Å². The molecule has 0 aliphatic heterocycles. The lowest BCUT2D eigenvalue weighted by molar-refractivity contribution is 0.423. The molecule has 0 bridgehead atoms. The lowest BCUT2D eigenvalue weighted by Gasteiger charge is -2.12. The molecule has 0 saturated heterocycles. The zero-order valence-corrected chi connectivity index (χ0v) is 13.7. The van der Waals surface area contributed by atoms with Crippen molar-refractivity contribution in [2.75, 3.05) is 0 Å². The second-order valence-corrected chi connectivity index (χ2v) is 6.93. The number of nitrogens with two attached hydrogens (primary N) is 1. The Balaban J connectivity index is 1.91. The van der Waals surface area contributed by atoms with Gasteiger partial charge in [0.15, 0.2) is 0 Å². The highest BCUT2D eigenvalue weighted by Crippen LogP contribution is 2.35. The van der Waals surface area contributed by atoms with Crippen LogP contribution in [0.4, 0.5) is 0 Å². The summed E-state index contributed by atoms with van der Waals surface area (Å²) in [5.41, 5.74) is 6.35. The average Bonchev–Trinajstić information content (AvgIpc) is 3.11. The van der Waals surface area contributed by atoms with Crippen LogP contribution in [0, 0.1) is 5.41 Å². The Labute approximate surface area is 135 Å². The zero-order chi connectivity index (χ0) is 14.8. The highest BCUT2D eigenvalue weighted by molar-refractivity contribution is 9.10. The molecule has 2 aromatic rings. The smallest absolute Gasteiger partial charge is 0.214 e. The van der Waals surface area contributed by atoms with Crippen LogP contribution < -0.4 is 5.73 Å². The van der Waals surface area contributed by atoms with Crippen LogP contribution in [0.2, 0.25) is 0 Å². The predicted octanol–water partition coefficient (Wildman–Crippen LogP) is 2.99. The SMILES string of the molecule is N=C(N)c1cc(Br)ccc1Sc1nnnn1C1CCCC1. The number of rotatable bonds is 4. The van der Waals surface area contributed by atoms with Crippen LogP contribution in [0.1, 0.15) is 37.3 Å². The first-order valence-corrected chi connectivity index (χ1v) is 8.36. The van der Waals surface area contributed by atoms with Crippen LogP contribution in [0.15, 0.2) is 32.7 Å². The van der Waals surface area contributed by atoms with Crippen LogP contribution in [-0.2, 0) is 0 Å². The summed E-state index contributed by atoms with van der Waals surface area (Å²) in [6, 6.07) is 6.09. The quantitative estimate of drug-likeness (QED) is 0.640. The van der Waals surface area contributed by atoms with Crippen molar-refractivity contribution in [2.24, 2.45) is 5.73 Å². The van der Waals surface area contributed by atoms with Gasteiger partial charge in [-0.25, -0.2) is 4.68 Å². The van der Waals surface area contributed by atoms with Gasteiger partial charge in [-0.15, -0.1) is 5.10 Å². The first-order valence-electron chi connectivity index (χ1n) is 6.75. The van der Waals surface area contributed by atoms with Crippen molar-refractivity contribution >= 4 is 33.5 Å². The Morgan fingerprint density at radius 2 is 2.14 bits per heavy atom. The Kier molecular flexibility index (Phi) is 4.25. The molecule has 1 fully saturated rings. The molecule has 0 amide bonds. The third-order valence-corrected chi connectivity index (χ3v) is 5.09. The normalized spacial score (nSPS) is 15.5. The monoisotopic (exact) mass is 366 g/mol. The maximum absolute atomic E-state index is 7.71. The molecule has 1 aliphatic carbocycles. The molecule has 1 heterocycles. The molecule has 1 aromatic heterocycles. The molecule has 0 atom stereocenters. The summed E-state index contributed by atoms with van der Waals surface area (Å²) < 4.78 is 2.80. The third-order valence-electron chi connectivity index (χ3n) is 3.57. The number of nitrogens with zero attached hydrogens (tertiary/aromatic N) is 4. The molecule has 3 rings (SSSR count). The third kappa shape index (κ3) is 3.11. The van der Waals surface area contributed by atoms with E-state index in [1.165, 1.54) is 24.6 Å². The van der Waals surface area contributed by atoms with E-state index in [1.54, 1.807) is 0 Å². The van der Waals surface area contributed by atoms with E-state index in [4.69, 9.17) is 11.1 Å². The van der Waals surface area contributed by atoms with Gasteiger partial charge < -0.3 is 5.73 Å². The number of hydrogen-bond donors (Lipinski definition) is 2. The van der Waals surface area contributed by atoms with Crippen molar-refractivity contribution < 1.29 is 0 Å². The van der Waals surface area contributed by atoms with E-state index in [1.807, 2.05) is 22.9 Å². The van der Waals surface area contributed by atoms with Gasteiger partial charge in [-0.05, 0) is 53.2 Å². The van der Waals surface area contributed by atoms with Crippen LogP contribution in [-0.4, -0.2) is 26.0 Å². The zero-order valence-electron chi connectivity index (χ0n) is 11.3. The Hall–Kier alpha value is -1.41. The molecule has 21 heavy (non-hydrogen) atoms. The second kappa shape index (κ2) is 6.15.